The number of fused-ring (bicyclic) bond motifs is 14. The second kappa shape index (κ2) is 15.4. The molecule has 5 rings (SSSR count). The summed E-state index contributed by atoms with van der Waals surface area (Å²) in [4.78, 5) is 65.5. The molecule has 0 spiro atoms. The number of aromatic hydroxyl groups is 1. The van der Waals surface area contributed by atoms with Crippen molar-refractivity contribution in [2.24, 2.45) is 17.8 Å². The standard InChI is InChI=1S/C35H41NO9.CH4O/c1-18-11-8-13-19(2)31(44-23(6)37)20(3)15-10-16-43-35(7)33(41)28-26-25(38)17-24(36-34(42)21(4)14-9-12-18)30(40)27(26)29(39)22(5)32(28)45-35;1-2/h9-10,12,14,16-20,31,39H,8,11,13,15H2,1-7H3,(H,36,42);2H,1H3/b12-9+,16-10+,21-14-;/t18-,19-,20-,31+,35+;/m1./s1. The third-order valence-corrected chi connectivity index (χ3v) is 8.62. The minimum absolute atomic E-state index is 0.0587. The number of phenolic OH excluding ortho intramolecular Hbond substituents is 1. The van der Waals surface area contributed by atoms with E-state index in [2.05, 4.69) is 19.2 Å². The molecule has 1 aromatic rings. The van der Waals surface area contributed by atoms with Crippen LogP contribution in [-0.2, 0) is 19.1 Å². The van der Waals surface area contributed by atoms with Gasteiger partial charge >= 0.3 is 11.8 Å². The first-order valence-electron chi connectivity index (χ1n) is 15.7. The maximum Gasteiger partial charge on any atom is 0.312 e. The number of carbonyl (C=O) groups is 5. The molecule has 11 heteroatoms. The summed E-state index contributed by atoms with van der Waals surface area (Å²) >= 11 is 0. The van der Waals surface area contributed by atoms with E-state index in [1.807, 2.05) is 13.0 Å². The fourth-order valence-electron chi connectivity index (χ4n) is 5.97. The van der Waals surface area contributed by atoms with Crippen molar-refractivity contribution in [2.45, 2.75) is 86.0 Å². The molecule has 4 aliphatic rings. The highest BCUT2D eigenvalue weighted by Gasteiger charge is 2.51. The van der Waals surface area contributed by atoms with E-state index >= 15 is 0 Å². The largest absolute Gasteiger partial charge is 0.507 e. The van der Waals surface area contributed by atoms with E-state index in [-0.39, 0.29) is 63.5 Å². The van der Waals surface area contributed by atoms with Crippen molar-refractivity contribution < 1.29 is 48.4 Å². The Kier molecular flexibility index (Phi) is 12.1. The van der Waals surface area contributed by atoms with Gasteiger partial charge in [0.2, 0.25) is 5.78 Å². The number of aliphatic hydroxyl groups is 1. The number of carbonyl (C=O) groups excluding carboxylic acids is 5. The van der Waals surface area contributed by atoms with Crippen LogP contribution in [0.3, 0.4) is 0 Å². The highest BCUT2D eigenvalue weighted by Crippen LogP contribution is 2.47. The highest BCUT2D eigenvalue weighted by molar-refractivity contribution is 6.30. The van der Waals surface area contributed by atoms with Gasteiger partial charge in [0.25, 0.3) is 11.7 Å². The number of hydrogen-bond donors (Lipinski definition) is 3. The molecule has 5 atom stereocenters. The average Bonchev–Trinajstić information content (AvgIpc) is 3.28. The molecule has 3 N–H and O–H groups in total. The van der Waals surface area contributed by atoms with Crippen LogP contribution in [0.1, 0.15) is 104 Å². The number of esters is 1. The zero-order valence-corrected chi connectivity index (χ0v) is 28.3. The normalized spacial score (nSPS) is 29.1. The number of benzene rings is 1. The van der Waals surface area contributed by atoms with Crippen LogP contribution in [-0.4, -0.2) is 58.4 Å². The Morgan fingerprint density at radius 1 is 1.02 bits per heavy atom. The number of Topliss-reactive ketones (excluding diaryl/α,β-unsaturated/α-hetero) is 2. The first-order chi connectivity index (χ1) is 22.2. The lowest BCUT2D eigenvalue weighted by Crippen LogP contribution is -2.38. The Labute approximate surface area is 275 Å². The zero-order chi connectivity index (χ0) is 35.2. The number of rotatable bonds is 1. The lowest BCUT2D eigenvalue weighted by molar-refractivity contribution is -0.152. The molecule has 1 amide bonds. The smallest absolute Gasteiger partial charge is 0.312 e. The lowest BCUT2D eigenvalue weighted by atomic mass is 9.84. The monoisotopic (exact) mass is 651 g/mol. The van der Waals surface area contributed by atoms with Crippen molar-refractivity contribution >= 4 is 29.2 Å². The van der Waals surface area contributed by atoms with Gasteiger partial charge in [0.15, 0.2) is 5.78 Å². The molecule has 3 heterocycles. The van der Waals surface area contributed by atoms with E-state index in [4.69, 9.17) is 19.3 Å². The van der Waals surface area contributed by atoms with E-state index in [0.717, 1.165) is 32.4 Å². The first-order valence-corrected chi connectivity index (χ1v) is 15.7. The predicted octanol–water partition coefficient (Wildman–Crippen LogP) is 5.43. The Morgan fingerprint density at radius 2 is 1.70 bits per heavy atom. The topological polar surface area (TPSA) is 166 Å². The fraction of sp³-hybridized carbons (Fsp3) is 0.472. The molecule has 0 unspecified atom stereocenters. The fourth-order valence-corrected chi connectivity index (χ4v) is 5.97. The molecule has 47 heavy (non-hydrogen) atoms. The van der Waals surface area contributed by atoms with Gasteiger partial charge in [-0.15, -0.1) is 0 Å². The Balaban J connectivity index is 0.00000294. The second-order valence-corrected chi connectivity index (χ2v) is 12.4. The van der Waals surface area contributed by atoms with Gasteiger partial charge in [0.05, 0.1) is 28.6 Å². The second-order valence-electron chi connectivity index (χ2n) is 12.4. The molecule has 254 valence electrons. The molecular weight excluding hydrogens is 606 g/mol. The van der Waals surface area contributed by atoms with Crippen LogP contribution in [0.4, 0.5) is 0 Å². The van der Waals surface area contributed by atoms with Crippen LogP contribution in [0.2, 0.25) is 0 Å². The van der Waals surface area contributed by atoms with Crippen LogP contribution < -0.4 is 10.1 Å². The lowest BCUT2D eigenvalue weighted by Gasteiger charge is -2.29. The molecule has 0 radical (unpaired) electrons. The van der Waals surface area contributed by atoms with Crippen LogP contribution in [0.25, 0.3) is 0 Å². The van der Waals surface area contributed by atoms with Gasteiger partial charge in [0, 0.05) is 38.2 Å². The first kappa shape index (κ1) is 37.0. The van der Waals surface area contributed by atoms with Crippen LogP contribution in [0.5, 0.6) is 11.5 Å². The molecular formula is C36H45NO10. The maximum atomic E-state index is 13.7. The molecule has 1 aromatic carbocycles. The number of ketones is 3. The summed E-state index contributed by atoms with van der Waals surface area (Å²) in [6, 6.07) is 0. The molecule has 3 aliphatic heterocycles. The zero-order valence-electron chi connectivity index (χ0n) is 28.3. The SMILES string of the molecule is CC(=O)O[C@@H]1[C@H](C)C/C=C/O[C@@]2(C)Oc3c(C)c(O)c4c(c3C2=O)C(=O)C=C(NC(=O)/C(C)=C\C=C\[C@H](C)CCC[C@H]1C)C4=O.CO. The molecule has 11 nitrogen and oxygen atoms in total. The summed E-state index contributed by atoms with van der Waals surface area (Å²) in [5.41, 5.74) is -0.785. The van der Waals surface area contributed by atoms with Crippen molar-refractivity contribution in [3.05, 3.63) is 70.2 Å². The summed E-state index contributed by atoms with van der Waals surface area (Å²) in [5, 5.41) is 20.5. The van der Waals surface area contributed by atoms with Crippen molar-refractivity contribution in [3.63, 3.8) is 0 Å². The number of allylic oxidation sites excluding steroid dienone is 6. The van der Waals surface area contributed by atoms with Gasteiger partial charge in [-0.2, -0.15) is 0 Å². The molecule has 0 aromatic heterocycles. The molecule has 0 saturated heterocycles. The van der Waals surface area contributed by atoms with Gasteiger partial charge in [-0.05, 0) is 56.9 Å². The number of phenols is 1. The van der Waals surface area contributed by atoms with Gasteiger partial charge in [-0.25, -0.2) is 0 Å². The summed E-state index contributed by atoms with van der Waals surface area (Å²) in [7, 11) is 1.00. The molecule has 0 saturated carbocycles. The third kappa shape index (κ3) is 7.90. The molecule has 1 aliphatic carbocycles. The summed E-state index contributed by atoms with van der Waals surface area (Å²) < 4.78 is 17.4. The summed E-state index contributed by atoms with van der Waals surface area (Å²) in [6.45, 7) is 11.9. The van der Waals surface area contributed by atoms with Crippen LogP contribution in [0, 0.1) is 24.7 Å². The Morgan fingerprint density at radius 3 is 2.36 bits per heavy atom. The van der Waals surface area contributed by atoms with E-state index in [1.54, 1.807) is 25.2 Å². The highest BCUT2D eigenvalue weighted by atomic mass is 16.7. The Hall–Kier alpha value is -4.51. The minimum Gasteiger partial charge on any atom is -0.507 e. The van der Waals surface area contributed by atoms with Crippen molar-refractivity contribution in [2.75, 3.05) is 7.11 Å². The number of amides is 1. The predicted molar refractivity (Wildman–Crippen MR) is 174 cm³/mol. The number of ether oxygens (including phenoxy) is 3. The molecule has 5 bridgehead atoms. The third-order valence-electron chi connectivity index (χ3n) is 8.62. The van der Waals surface area contributed by atoms with E-state index in [1.165, 1.54) is 27.0 Å². The molecule has 0 fully saturated rings. The summed E-state index contributed by atoms with van der Waals surface area (Å²) in [5.74, 6) is -5.41. The van der Waals surface area contributed by atoms with Gasteiger partial charge in [0.1, 0.15) is 17.6 Å². The van der Waals surface area contributed by atoms with E-state index in [9.17, 15) is 29.1 Å². The minimum atomic E-state index is -1.88. The van der Waals surface area contributed by atoms with Crippen molar-refractivity contribution in [1.29, 1.82) is 0 Å². The van der Waals surface area contributed by atoms with Crippen molar-refractivity contribution in [3.8, 4) is 11.5 Å². The number of nitrogens with one attached hydrogen (secondary N) is 1. The van der Waals surface area contributed by atoms with Crippen molar-refractivity contribution in [1.82, 2.24) is 5.32 Å². The van der Waals surface area contributed by atoms with E-state index in [0.29, 0.717) is 12.0 Å². The van der Waals surface area contributed by atoms with Gasteiger partial charge in [-0.3, -0.25) is 24.0 Å². The number of hydrogen-bond acceptors (Lipinski definition) is 10. The quantitative estimate of drug-likeness (QED) is 0.334. The van der Waals surface area contributed by atoms with Gasteiger partial charge < -0.3 is 29.7 Å². The van der Waals surface area contributed by atoms with E-state index < -0.39 is 34.8 Å². The average molecular weight is 652 g/mol. The number of aliphatic hydroxyl groups excluding tert-OH is 1. The maximum absolute atomic E-state index is 13.7. The van der Waals surface area contributed by atoms with Crippen LogP contribution in [0.15, 0.2) is 47.9 Å². The Bertz CT molecular complexity index is 1570. The summed E-state index contributed by atoms with van der Waals surface area (Å²) in [6.07, 6.45) is 12.1. The van der Waals surface area contributed by atoms with Crippen LogP contribution >= 0.6 is 0 Å². The van der Waals surface area contributed by atoms with Gasteiger partial charge in [-0.1, -0.05) is 45.4 Å².